The third-order valence-corrected chi connectivity index (χ3v) is 4.13. The van der Waals surface area contributed by atoms with Crippen LogP contribution in [0.3, 0.4) is 0 Å². The topological polar surface area (TPSA) is 78.0 Å². The molecule has 0 aromatic carbocycles. The maximum atomic E-state index is 13.3. The second-order valence-corrected chi connectivity index (χ2v) is 6.20. The largest absolute Gasteiger partial charge is 0.433 e. The fraction of sp³-hybridized carbons (Fsp3) is 0.467. The molecule has 11 heteroatoms. The lowest BCUT2D eigenvalue weighted by Gasteiger charge is -2.41. The molecule has 2 aromatic heterocycles. The van der Waals surface area contributed by atoms with Gasteiger partial charge in [0.2, 0.25) is 11.8 Å². The summed E-state index contributed by atoms with van der Waals surface area (Å²) in [4.78, 5) is 28.3. The first-order valence-corrected chi connectivity index (χ1v) is 7.77. The first-order valence-electron chi connectivity index (χ1n) is 7.77. The average molecular weight is 372 g/mol. The van der Waals surface area contributed by atoms with Crippen LogP contribution in [0.5, 0.6) is 0 Å². The summed E-state index contributed by atoms with van der Waals surface area (Å²) in [6.07, 6.45) is -3.62. The Morgan fingerprint density at radius 3 is 2.65 bits per heavy atom. The molecule has 1 aliphatic heterocycles. The molecule has 0 aliphatic carbocycles. The summed E-state index contributed by atoms with van der Waals surface area (Å²) in [5.41, 5.74) is -1.81. The average Bonchev–Trinajstić information content (AvgIpc) is 2.54. The summed E-state index contributed by atoms with van der Waals surface area (Å²) >= 11 is 0. The van der Waals surface area contributed by atoms with Crippen molar-refractivity contribution >= 4 is 11.8 Å². The molecular formula is C15H16F4N6O. The zero-order valence-electron chi connectivity index (χ0n) is 14.0. The Morgan fingerprint density at radius 2 is 2.04 bits per heavy atom. The predicted octanol–water partition coefficient (Wildman–Crippen LogP) is 1.60. The highest BCUT2D eigenvalue weighted by Crippen LogP contribution is 2.31. The van der Waals surface area contributed by atoms with Gasteiger partial charge in [-0.1, -0.05) is 0 Å². The zero-order chi connectivity index (χ0) is 19.1. The van der Waals surface area contributed by atoms with Crippen molar-refractivity contribution in [1.82, 2.24) is 19.9 Å². The lowest BCUT2D eigenvalue weighted by Crippen LogP contribution is -2.51. The van der Waals surface area contributed by atoms with Gasteiger partial charge < -0.3 is 9.80 Å². The Labute approximate surface area is 145 Å². The molecule has 3 rings (SSSR count). The highest BCUT2D eigenvalue weighted by Gasteiger charge is 2.35. The maximum Gasteiger partial charge on any atom is 0.433 e. The second kappa shape index (κ2) is 6.54. The summed E-state index contributed by atoms with van der Waals surface area (Å²) in [7, 11) is 1.70. The van der Waals surface area contributed by atoms with Crippen LogP contribution in [0, 0.1) is 18.7 Å². The lowest BCUT2D eigenvalue weighted by molar-refractivity contribution is -0.141. The number of aromatic amines is 1. The molecule has 0 unspecified atom stereocenters. The highest BCUT2D eigenvalue weighted by molar-refractivity contribution is 5.43. The summed E-state index contributed by atoms with van der Waals surface area (Å²) in [5.74, 6) is -0.315. The number of rotatable bonds is 4. The van der Waals surface area contributed by atoms with Gasteiger partial charge in [-0.15, -0.1) is 0 Å². The van der Waals surface area contributed by atoms with Crippen LogP contribution >= 0.6 is 0 Å². The minimum atomic E-state index is -4.51. The van der Waals surface area contributed by atoms with Crippen LogP contribution in [0.2, 0.25) is 0 Å². The first kappa shape index (κ1) is 18.1. The predicted molar refractivity (Wildman–Crippen MR) is 85.6 cm³/mol. The molecule has 1 fully saturated rings. The van der Waals surface area contributed by atoms with Crippen molar-refractivity contribution in [1.29, 1.82) is 0 Å². The number of hydrogen-bond acceptors (Lipinski definition) is 6. The van der Waals surface area contributed by atoms with Crippen molar-refractivity contribution < 1.29 is 17.6 Å². The summed E-state index contributed by atoms with van der Waals surface area (Å²) in [6, 6.07) is 0.919. The first-order chi connectivity index (χ1) is 12.1. The van der Waals surface area contributed by atoms with Gasteiger partial charge in [0.15, 0.2) is 0 Å². The van der Waals surface area contributed by atoms with E-state index < -0.39 is 23.2 Å². The molecule has 0 radical (unpaired) electrons. The number of halogens is 4. The van der Waals surface area contributed by atoms with Crippen LogP contribution < -0.4 is 15.4 Å². The van der Waals surface area contributed by atoms with Gasteiger partial charge in [-0.05, 0) is 6.92 Å². The zero-order valence-corrected chi connectivity index (χ0v) is 14.0. The van der Waals surface area contributed by atoms with Crippen molar-refractivity contribution in [2.75, 3.05) is 36.5 Å². The Balaban J connectivity index is 1.61. The maximum absolute atomic E-state index is 13.3. The molecule has 1 N–H and O–H groups in total. The minimum absolute atomic E-state index is 0.00602. The highest BCUT2D eigenvalue weighted by atomic mass is 19.4. The number of nitrogens with zero attached hydrogens (tertiary/aromatic N) is 5. The molecule has 0 amide bonds. The van der Waals surface area contributed by atoms with Crippen molar-refractivity contribution in [3.05, 3.63) is 40.0 Å². The molecule has 2 aromatic rings. The van der Waals surface area contributed by atoms with Crippen molar-refractivity contribution in [3.63, 3.8) is 0 Å². The number of aryl methyl sites for hydroxylation is 1. The molecule has 1 aliphatic rings. The Kier molecular flexibility index (Phi) is 4.55. The van der Waals surface area contributed by atoms with Gasteiger partial charge >= 0.3 is 6.18 Å². The Bertz CT molecular complexity index is 862. The van der Waals surface area contributed by atoms with Gasteiger partial charge in [0.05, 0.1) is 5.69 Å². The van der Waals surface area contributed by atoms with Crippen LogP contribution in [0.25, 0.3) is 0 Å². The van der Waals surface area contributed by atoms with Gasteiger partial charge in [0.1, 0.15) is 17.8 Å². The number of aromatic nitrogens is 4. The third-order valence-electron chi connectivity index (χ3n) is 4.13. The van der Waals surface area contributed by atoms with E-state index in [0.29, 0.717) is 19.6 Å². The van der Waals surface area contributed by atoms with E-state index in [1.165, 1.54) is 6.92 Å². The number of alkyl halides is 3. The smallest absolute Gasteiger partial charge is 0.356 e. The summed E-state index contributed by atoms with van der Waals surface area (Å²) < 4.78 is 51.5. The molecule has 7 nitrogen and oxygen atoms in total. The minimum Gasteiger partial charge on any atom is -0.356 e. The van der Waals surface area contributed by atoms with Crippen LogP contribution in [-0.4, -0.2) is 46.6 Å². The number of hydrogen-bond donors (Lipinski definition) is 1. The number of anilines is 2. The van der Waals surface area contributed by atoms with Crippen molar-refractivity contribution in [2.24, 2.45) is 5.92 Å². The number of H-pyrrole nitrogens is 1. The molecule has 0 atom stereocenters. The van der Waals surface area contributed by atoms with E-state index in [2.05, 4.69) is 19.9 Å². The van der Waals surface area contributed by atoms with E-state index in [4.69, 9.17) is 0 Å². The van der Waals surface area contributed by atoms with Crippen LogP contribution in [0.1, 0.15) is 11.4 Å². The van der Waals surface area contributed by atoms with E-state index in [9.17, 15) is 22.4 Å². The fourth-order valence-corrected chi connectivity index (χ4v) is 2.76. The van der Waals surface area contributed by atoms with E-state index >= 15 is 0 Å². The molecule has 0 saturated carbocycles. The van der Waals surface area contributed by atoms with Crippen molar-refractivity contribution in [3.8, 4) is 0 Å². The summed E-state index contributed by atoms with van der Waals surface area (Å²) in [6.45, 7) is 2.91. The monoisotopic (exact) mass is 372 g/mol. The Hall–Kier alpha value is -2.72. The van der Waals surface area contributed by atoms with E-state index in [-0.39, 0.29) is 23.4 Å². The van der Waals surface area contributed by atoms with Crippen LogP contribution in [0.4, 0.5) is 29.3 Å². The van der Waals surface area contributed by atoms with E-state index in [1.54, 1.807) is 16.8 Å². The lowest BCUT2D eigenvalue weighted by atomic mass is 9.99. The molecule has 1 saturated heterocycles. The van der Waals surface area contributed by atoms with E-state index in [1.807, 2.05) is 0 Å². The molecule has 26 heavy (non-hydrogen) atoms. The number of nitrogens with one attached hydrogen (secondary N) is 1. The molecule has 140 valence electrons. The molecule has 3 heterocycles. The second-order valence-electron chi connectivity index (χ2n) is 6.20. The van der Waals surface area contributed by atoms with Gasteiger partial charge in [-0.2, -0.15) is 17.6 Å². The Morgan fingerprint density at radius 1 is 1.35 bits per heavy atom. The van der Waals surface area contributed by atoms with E-state index in [0.717, 1.165) is 12.4 Å². The molecule has 0 bridgehead atoms. The normalized spacial score (nSPS) is 15.1. The quantitative estimate of drug-likeness (QED) is 0.822. The molecule has 0 spiro atoms. The summed E-state index contributed by atoms with van der Waals surface area (Å²) in [5, 5.41) is 0. The van der Waals surface area contributed by atoms with Gasteiger partial charge in [-0.3, -0.25) is 9.78 Å². The standard InChI is InChI=1S/C15H16F4N6O/c1-8-12(16)13(26)23-14(22-8)24(2)4-9-5-25(6-9)11-3-10(15(17,18)19)20-7-21-11/h3,7,9H,4-6H2,1-2H3,(H,22,23,26). The van der Waals surface area contributed by atoms with Gasteiger partial charge in [0.25, 0.3) is 5.56 Å². The van der Waals surface area contributed by atoms with Gasteiger partial charge in [0, 0.05) is 38.7 Å². The molecular weight excluding hydrogens is 356 g/mol. The van der Waals surface area contributed by atoms with Crippen LogP contribution in [0.15, 0.2) is 17.2 Å². The van der Waals surface area contributed by atoms with Gasteiger partial charge in [-0.25, -0.2) is 15.0 Å². The third kappa shape index (κ3) is 3.60. The fourth-order valence-electron chi connectivity index (χ4n) is 2.76. The van der Waals surface area contributed by atoms with Crippen LogP contribution in [-0.2, 0) is 6.18 Å². The SMILES string of the molecule is Cc1nc(N(C)CC2CN(c3cc(C(F)(F)F)ncn3)C2)[nH]c(=O)c1F. The van der Waals surface area contributed by atoms with Crippen molar-refractivity contribution in [2.45, 2.75) is 13.1 Å².